The molecule has 2 fully saturated rings. The molecule has 332 valence electrons. The number of likely N-dealkylation sites (N-methyl/N-ethyl adjacent to an activating group) is 1. The maximum absolute atomic E-state index is 14.7. The van der Waals surface area contributed by atoms with E-state index >= 15 is 0 Å². The number of phenols is 1. The maximum atomic E-state index is 14.7. The number of hydrogen-bond acceptors (Lipinski definition) is 10. The number of rotatable bonds is 10. The molecule has 0 unspecified atom stereocenters. The Morgan fingerprint density at radius 2 is 1.89 bits per heavy atom. The van der Waals surface area contributed by atoms with Crippen LogP contribution in [-0.2, 0) is 48.0 Å². The molecule has 2 aromatic heterocycles. The molecule has 1 saturated heterocycles. The van der Waals surface area contributed by atoms with E-state index < -0.39 is 46.9 Å². The normalized spacial score (nSPS) is 23.7. The zero-order valence-electron chi connectivity index (χ0n) is 37.2. The summed E-state index contributed by atoms with van der Waals surface area (Å²) in [5, 5.41) is 26.7. The van der Waals surface area contributed by atoms with E-state index in [9.17, 15) is 29.4 Å². The summed E-state index contributed by atoms with van der Waals surface area (Å²) in [7, 11) is 3.23. The summed E-state index contributed by atoms with van der Waals surface area (Å²) in [6.07, 6.45) is 3.49. The number of amides is 3. The number of carbonyl (C=O) groups is 4. The van der Waals surface area contributed by atoms with Gasteiger partial charge in [-0.2, -0.15) is 0 Å². The van der Waals surface area contributed by atoms with Crippen LogP contribution in [0.2, 0.25) is 0 Å². The fourth-order valence-corrected chi connectivity index (χ4v) is 9.44. The molecule has 2 aromatic carbocycles. The van der Waals surface area contributed by atoms with Crippen molar-refractivity contribution in [1.82, 2.24) is 30.2 Å². The van der Waals surface area contributed by atoms with Gasteiger partial charge in [-0.15, -0.1) is 0 Å². The number of ether oxygens (including phenoxy) is 2. The van der Waals surface area contributed by atoms with E-state index in [0.717, 1.165) is 50.8 Å². The average Bonchev–Trinajstić information content (AvgIpc) is 3.91. The molecule has 0 spiro atoms. The highest BCUT2D eigenvalue weighted by Crippen LogP contribution is 2.42. The van der Waals surface area contributed by atoms with Gasteiger partial charge in [0.2, 0.25) is 11.8 Å². The highest BCUT2D eigenvalue weighted by atomic mass is 16.5. The van der Waals surface area contributed by atoms with E-state index in [1.807, 2.05) is 39.0 Å². The number of nitrogens with zero attached hydrogens (tertiary/aromatic N) is 4. The van der Waals surface area contributed by atoms with Gasteiger partial charge in [-0.3, -0.25) is 24.4 Å². The molecule has 4 aromatic rings. The molecule has 4 heterocycles. The second kappa shape index (κ2) is 17.9. The third kappa shape index (κ3) is 9.01. The van der Waals surface area contributed by atoms with E-state index in [0.29, 0.717) is 44.4 Å². The number of phenolic OH excluding ortho intramolecular Hbond substituents is 1. The van der Waals surface area contributed by atoms with Gasteiger partial charge in [-0.1, -0.05) is 39.8 Å². The van der Waals surface area contributed by atoms with Gasteiger partial charge < -0.3 is 39.3 Å². The number of hydrogen-bond donors (Lipinski definition) is 4. The molecule has 1 saturated carbocycles. The molecule has 6 bridgehead atoms. The fraction of sp³-hybridized carbons (Fsp3) is 0.521. The van der Waals surface area contributed by atoms with E-state index in [-0.39, 0.29) is 43.3 Å². The van der Waals surface area contributed by atoms with Crippen molar-refractivity contribution in [3.63, 3.8) is 0 Å². The Hall–Kier alpha value is -5.15. The molecule has 4 N–H and O–H groups in total. The molecule has 14 nitrogen and oxygen atoms in total. The van der Waals surface area contributed by atoms with Crippen molar-refractivity contribution in [1.29, 1.82) is 0 Å². The Morgan fingerprint density at radius 1 is 1.13 bits per heavy atom. The zero-order chi connectivity index (χ0) is 44.7. The number of nitrogens with one attached hydrogen (secondary N) is 2. The molecular weight excluding hydrogens is 789 g/mol. The van der Waals surface area contributed by atoms with Crippen molar-refractivity contribution in [3.8, 4) is 28.1 Å². The van der Waals surface area contributed by atoms with Crippen LogP contribution in [0.1, 0.15) is 83.7 Å². The van der Waals surface area contributed by atoms with Gasteiger partial charge in [0, 0.05) is 56.3 Å². The minimum absolute atomic E-state index is 0.00192. The molecule has 1 aliphatic carbocycles. The van der Waals surface area contributed by atoms with Crippen LogP contribution in [0.5, 0.6) is 5.75 Å². The highest BCUT2D eigenvalue weighted by Gasteiger charge is 2.46. The van der Waals surface area contributed by atoms with Crippen LogP contribution in [-0.4, -0.2) is 111 Å². The molecule has 0 radical (unpaired) electrons. The lowest BCUT2D eigenvalue weighted by Gasteiger charge is -2.42. The smallest absolute Gasteiger partial charge is 0.259 e. The first-order chi connectivity index (χ1) is 29.5. The maximum Gasteiger partial charge on any atom is 0.259 e. The fourth-order valence-electron chi connectivity index (χ4n) is 9.44. The standard InChI is InChI=1S/C48H62N6O8/c1-9-53-39-14-13-31-22-35(39)37(43(53)34-12-10-16-49-41(34)29(4)61-8)24-47(5,6)26-62-27-48(25-55)15-11-17-54(51-48)46(60)38(20-30-18-32(31)21-33(56)19-30)50-44(58)42(28(2)3)52(7)45(59)36-23-40(36)57/h10,12-14,16,18-19,21-22,25,28-29,36,38,40,42,51,56-57H,9,11,15,17,20,23-24,26-27H2,1-8H3,(H,50,58)/t29-,36+,38-,40-,42-,48-/m0/s1. The lowest BCUT2D eigenvalue weighted by Crippen LogP contribution is -2.66. The second-order valence-electron chi connectivity index (χ2n) is 18.6. The van der Waals surface area contributed by atoms with Gasteiger partial charge in [-0.25, -0.2) is 5.43 Å². The number of methoxy groups -OCH3 is 1. The highest BCUT2D eigenvalue weighted by molar-refractivity contribution is 5.96. The van der Waals surface area contributed by atoms with Crippen molar-refractivity contribution in [2.24, 2.45) is 17.3 Å². The van der Waals surface area contributed by atoms with Crippen molar-refractivity contribution >= 4 is 34.9 Å². The molecule has 3 amide bonds. The van der Waals surface area contributed by atoms with E-state index in [2.05, 4.69) is 54.3 Å². The Balaban J connectivity index is 1.36. The summed E-state index contributed by atoms with van der Waals surface area (Å²) in [6.45, 7) is 13.3. The first-order valence-electron chi connectivity index (χ1n) is 21.8. The Morgan fingerprint density at radius 3 is 2.56 bits per heavy atom. The number of fused-ring (bicyclic) bond motifs is 6. The topological polar surface area (TPSA) is 176 Å². The van der Waals surface area contributed by atoms with E-state index in [4.69, 9.17) is 14.5 Å². The summed E-state index contributed by atoms with van der Waals surface area (Å²) in [5.41, 5.74) is 8.71. The van der Waals surface area contributed by atoms with Crippen molar-refractivity contribution in [2.75, 3.05) is 33.9 Å². The number of aromatic hydroxyl groups is 1. The minimum Gasteiger partial charge on any atom is -0.508 e. The molecule has 62 heavy (non-hydrogen) atoms. The van der Waals surface area contributed by atoms with Gasteiger partial charge in [0.15, 0.2) is 0 Å². The number of benzene rings is 2. The van der Waals surface area contributed by atoms with Crippen molar-refractivity contribution in [2.45, 2.75) is 110 Å². The minimum atomic E-state index is -1.21. The van der Waals surface area contributed by atoms with Crippen molar-refractivity contribution in [3.05, 3.63) is 71.5 Å². The lowest BCUT2D eigenvalue weighted by molar-refractivity contribution is -0.148. The zero-order valence-corrected chi connectivity index (χ0v) is 37.2. The van der Waals surface area contributed by atoms with Crippen LogP contribution in [0.25, 0.3) is 33.3 Å². The number of aromatic nitrogens is 2. The molecule has 2 aliphatic heterocycles. The predicted octanol–water partition coefficient (Wildman–Crippen LogP) is 5.36. The van der Waals surface area contributed by atoms with Gasteiger partial charge >= 0.3 is 0 Å². The average molecular weight is 851 g/mol. The SMILES string of the molecule is CCn1c(-c2cccnc2[C@H](C)OC)c2c3cc(ccc31)-c1cc(O)cc(c1)C[C@H](NC(=O)[C@H](C(C)C)N(C)C(=O)[C@@H]1C[C@@H]1O)C(=O)N1CCC[C@](C=O)(COCC(C)(C)C2)N1. The molecular formula is C48H62N6O8. The largest absolute Gasteiger partial charge is 0.508 e. The van der Waals surface area contributed by atoms with Gasteiger partial charge in [0.1, 0.15) is 29.7 Å². The van der Waals surface area contributed by atoms with Gasteiger partial charge in [-0.05, 0) is 110 Å². The molecule has 3 aliphatic rings. The first kappa shape index (κ1) is 44.9. The van der Waals surface area contributed by atoms with Crippen LogP contribution in [0, 0.1) is 17.3 Å². The third-order valence-electron chi connectivity index (χ3n) is 12.8. The Kier molecular flexibility index (Phi) is 13.0. The van der Waals surface area contributed by atoms with Gasteiger partial charge in [0.25, 0.3) is 5.91 Å². The van der Waals surface area contributed by atoms with Crippen molar-refractivity contribution < 1.29 is 38.9 Å². The quantitative estimate of drug-likeness (QED) is 0.152. The number of aliphatic hydroxyl groups is 1. The van der Waals surface area contributed by atoms with E-state index in [1.54, 1.807) is 32.5 Å². The van der Waals surface area contributed by atoms with E-state index in [1.165, 1.54) is 9.91 Å². The third-order valence-corrected chi connectivity index (χ3v) is 12.8. The number of aldehydes is 1. The number of carbonyl (C=O) groups excluding carboxylic acids is 4. The second-order valence-corrected chi connectivity index (χ2v) is 18.6. The summed E-state index contributed by atoms with van der Waals surface area (Å²) in [5.74, 6) is -2.22. The lowest BCUT2D eigenvalue weighted by atomic mass is 9.84. The van der Waals surface area contributed by atoms with Gasteiger partial charge in [0.05, 0.1) is 42.7 Å². The van der Waals surface area contributed by atoms with Crippen LogP contribution >= 0.6 is 0 Å². The Bertz CT molecular complexity index is 2340. The summed E-state index contributed by atoms with van der Waals surface area (Å²) in [6, 6.07) is 13.4. The number of hydrazine groups is 1. The molecule has 7 rings (SSSR count). The number of pyridine rings is 1. The number of aryl methyl sites for hydroxylation is 1. The first-order valence-corrected chi connectivity index (χ1v) is 21.8. The number of aliphatic hydroxyl groups excluding tert-OH is 1. The summed E-state index contributed by atoms with van der Waals surface area (Å²) >= 11 is 0. The molecule has 6 atom stereocenters. The van der Waals surface area contributed by atoms with Crippen LogP contribution < -0.4 is 10.7 Å². The summed E-state index contributed by atoms with van der Waals surface area (Å²) < 4.78 is 14.6. The molecule has 14 heteroatoms. The Labute approximate surface area is 363 Å². The summed E-state index contributed by atoms with van der Waals surface area (Å²) in [4.78, 5) is 61.4. The van der Waals surface area contributed by atoms with Crippen LogP contribution in [0.4, 0.5) is 0 Å². The van der Waals surface area contributed by atoms with Crippen LogP contribution in [0.3, 0.4) is 0 Å². The van der Waals surface area contributed by atoms with Crippen LogP contribution in [0.15, 0.2) is 54.7 Å². The monoisotopic (exact) mass is 850 g/mol. The predicted molar refractivity (Wildman–Crippen MR) is 236 cm³/mol.